The van der Waals surface area contributed by atoms with E-state index in [1.165, 1.54) is 12.1 Å². The zero-order chi connectivity index (χ0) is 13.9. The first-order valence-electron chi connectivity index (χ1n) is 4.73. The number of nitrogens with one attached hydrogen (secondary N) is 1. The van der Waals surface area contributed by atoms with Gasteiger partial charge >= 0.3 is 6.36 Å². The summed E-state index contributed by atoms with van der Waals surface area (Å²) in [6.45, 7) is 1.58. The van der Waals surface area contributed by atoms with Gasteiger partial charge in [-0.05, 0) is 41.1 Å². The fourth-order valence-corrected chi connectivity index (χ4v) is 1.56. The number of thiol groups is 1. The van der Waals surface area contributed by atoms with E-state index in [2.05, 4.69) is 38.6 Å². The lowest BCUT2D eigenvalue weighted by Crippen LogP contribution is -2.20. The molecule has 100 valence electrons. The normalized spacial score (nSPS) is 13.0. The lowest BCUT2D eigenvalue weighted by Gasteiger charge is -2.12. The molecule has 0 aromatic heterocycles. The molecular formula is C10H9BrF3NO2S. The lowest BCUT2D eigenvalue weighted by atomic mass is 10.3. The SMILES string of the molecule is CC(S)C(=O)Nc1ccc(OC(F)(F)F)c(Br)c1. The lowest BCUT2D eigenvalue weighted by molar-refractivity contribution is -0.274. The third-order valence-electron chi connectivity index (χ3n) is 1.80. The molecule has 1 N–H and O–H groups in total. The van der Waals surface area contributed by atoms with Crippen molar-refractivity contribution in [2.75, 3.05) is 5.32 Å². The molecule has 1 atom stereocenters. The summed E-state index contributed by atoms with van der Waals surface area (Å²) in [5.74, 6) is -0.728. The second kappa shape index (κ2) is 5.83. The van der Waals surface area contributed by atoms with Gasteiger partial charge < -0.3 is 10.1 Å². The van der Waals surface area contributed by atoms with Crippen LogP contribution in [0.4, 0.5) is 18.9 Å². The molecule has 1 amide bonds. The monoisotopic (exact) mass is 343 g/mol. The summed E-state index contributed by atoms with van der Waals surface area (Å²) in [5.41, 5.74) is 0.349. The van der Waals surface area contributed by atoms with E-state index < -0.39 is 11.6 Å². The van der Waals surface area contributed by atoms with Gasteiger partial charge in [-0.2, -0.15) is 12.6 Å². The predicted octanol–water partition coefficient (Wildman–Crippen LogP) is 3.60. The minimum Gasteiger partial charge on any atom is -0.405 e. The maximum absolute atomic E-state index is 12.0. The van der Waals surface area contributed by atoms with Crippen molar-refractivity contribution in [3.05, 3.63) is 22.7 Å². The molecule has 0 aliphatic heterocycles. The fraction of sp³-hybridized carbons (Fsp3) is 0.300. The molecule has 1 aromatic rings. The molecule has 0 radical (unpaired) electrons. The summed E-state index contributed by atoms with van der Waals surface area (Å²) in [4.78, 5) is 11.3. The number of ether oxygens (including phenoxy) is 1. The van der Waals surface area contributed by atoms with Crippen LogP contribution in [0, 0.1) is 0 Å². The first-order chi connectivity index (χ1) is 8.19. The van der Waals surface area contributed by atoms with Crippen molar-refractivity contribution in [2.24, 2.45) is 0 Å². The van der Waals surface area contributed by atoms with E-state index >= 15 is 0 Å². The van der Waals surface area contributed by atoms with Crippen LogP contribution in [-0.4, -0.2) is 17.5 Å². The average Bonchev–Trinajstić information content (AvgIpc) is 2.20. The number of amides is 1. The number of carbonyl (C=O) groups excluding carboxylic acids is 1. The summed E-state index contributed by atoms with van der Waals surface area (Å²) >= 11 is 6.86. The number of hydrogen-bond acceptors (Lipinski definition) is 3. The molecule has 0 aliphatic rings. The number of hydrogen-bond donors (Lipinski definition) is 2. The third kappa shape index (κ3) is 4.77. The van der Waals surface area contributed by atoms with Crippen LogP contribution in [0.2, 0.25) is 0 Å². The molecule has 1 rings (SSSR count). The highest BCUT2D eigenvalue weighted by molar-refractivity contribution is 9.10. The maximum Gasteiger partial charge on any atom is 0.573 e. The molecular weight excluding hydrogens is 335 g/mol. The van der Waals surface area contributed by atoms with E-state index in [9.17, 15) is 18.0 Å². The highest BCUT2D eigenvalue weighted by atomic mass is 79.9. The van der Waals surface area contributed by atoms with Crippen molar-refractivity contribution in [3.63, 3.8) is 0 Å². The van der Waals surface area contributed by atoms with E-state index in [1.807, 2.05) is 0 Å². The van der Waals surface area contributed by atoms with Gasteiger partial charge in [0.05, 0.1) is 9.72 Å². The quantitative estimate of drug-likeness (QED) is 0.823. The summed E-state index contributed by atoms with van der Waals surface area (Å²) < 4.78 is 39.9. The number of halogens is 4. The molecule has 0 bridgehead atoms. The Morgan fingerprint density at radius 2 is 2.11 bits per heavy atom. The molecule has 0 spiro atoms. The van der Waals surface area contributed by atoms with Crippen molar-refractivity contribution in [1.82, 2.24) is 0 Å². The number of carbonyl (C=O) groups is 1. The van der Waals surface area contributed by atoms with Crippen molar-refractivity contribution >= 4 is 40.2 Å². The van der Waals surface area contributed by atoms with Crippen molar-refractivity contribution < 1.29 is 22.7 Å². The largest absolute Gasteiger partial charge is 0.573 e. The van der Waals surface area contributed by atoms with Gasteiger partial charge in [-0.15, -0.1) is 13.2 Å². The molecule has 3 nitrogen and oxygen atoms in total. The summed E-state index contributed by atoms with van der Waals surface area (Å²) in [6.07, 6.45) is -4.76. The Labute approximate surface area is 115 Å². The Balaban J connectivity index is 2.83. The van der Waals surface area contributed by atoms with Crippen molar-refractivity contribution in [3.8, 4) is 5.75 Å². The first-order valence-corrected chi connectivity index (χ1v) is 6.04. The van der Waals surface area contributed by atoms with Crippen LogP contribution in [0.3, 0.4) is 0 Å². The van der Waals surface area contributed by atoms with Crippen LogP contribution in [0.15, 0.2) is 22.7 Å². The number of anilines is 1. The maximum atomic E-state index is 12.0. The van der Waals surface area contributed by atoms with Crippen LogP contribution in [0.1, 0.15) is 6.92 Å². The molecule has 8 heteroatoms. The predicted molar refractivity (Wildman–Crippen MR) is 67.9 cm³/mol. The van der Waals surface area contributed by atoms with E-state index in [1.54, 1.807) is 6.92 Å². The molecule has 0 saturated heterocycles. The standard InChI is InChI=1S/C10H9BrF3NO2S/c1-5(18)9(16)15-6-2-3-8(7(11)4-6)17-10(12,13)14/h2-5,18H,1H3,(H,15,16). The van der Waals surface area contributed by atoms with Crippen molar-refractivity contribution in [2.45, 2.75) is 18.5 Å². The van der Waals surface area contributed by atoms with Gasteiger partial charge in [-0.3, -0.25) is 4.79 Å². The van der Waals surface area contributed by atoms with Gasteiger partial charge in [-0.1, -0.05) is 0 Å². The zero-order valence-corrected chi connectivity index (χ0v) is 11.6. The van der Waals surface area contributed by atoms with Gasteiger partial charge in [0.2, 0.25) is 5.91 Å². The average molecular weight is 344 g/mol. The van der Waals surface area contributed by atoms with Crippen LogP contribution >= 0.6 is 28.6 Å². The third-order valence-corrected chi connectivity index (χ3v) is 2.66. The van der Waals surface area contributed by atoms with E-state index in [0.717, 1.165) is 6.07 Å². The molecule has 0 aliphatic carbocycles. The van der Waals surface area contributed by atoms with Crippen LogP contribution in [-0.2, 0) is 4.79 Å². The smallest absolute Gasteiger partial charge is 0.405 e. The summed E-state index contributed by atoms with van der Waals surface area (Å²) in [7, 11) is 0. The number of benzene rings is 1. The molecule has 0 saturated carbocycles. The van der Waals surface area contributed by atoms with E-state index in [0.29, 0.717) is 5.69 Å². The molecule has 1 unspecified atom stereocenters. The molecule has 18 heavy (non-hydrogen) atoms. The molecule has 0 heterocycles. The van der Waals surface area contributed by atoms with Gasteiger partial charge in [0, 0.05) is 5.69 Å². The number of rotatable bonds is 3. The van der Waals surface area contributed by atoms with E-state index in [-0.39, 0.29) is 16.1 Å². The number of alkyl halides is 3. The topological polar surface area (TPSA) is 38.3 Å². The summed E-state index contributed by atoms with van der Waals surface area (Å²) in [5, 5.41) is 1.97. The van der Waals surface area contributed by atoms with Crippen LogP contribution in [0.25, 0.3) is 0 Å². The highest BCUT2D eigenvalue weighted by Crippen LogP contribution is 2.32. The second-order valence-corrected chi connectivity index (χ2v) is 4.99. The van der Waals surface area contributed by atoms with Gasteiger partial charge in [0.15, 0.2) is 0 Å². The Morgan fingerprint density at radius 1 is 1.50 bits per heavy atom. The Kier molecular flexibility index (Phi) is 4.92. The van der Waals surface area contributed by atoms with Gasteiger partial charge in [0.25, 0.3) is 0 Å². The second-order valence-electron chi connectivity index (χ2n) is 3.36. The minimum absolute atomic E-state index is 0.0874. The Bertz CT molecular complexity index is 451. The molecule has 0 fully saturated rings. The van der Waals surface area contributed by atoms with Crippen LogP contribution < -0.4 is 10.1 Å². The Hall–Kier alpha value is -0.890. The zero-order valence-electron chi connectivity index (χ0n) is 9.08. The fourth-order valence-electron chi connectivity index (χ4n) is 1.03. The summed E-state index contributed by atoms with van der Waals surface area (Å²) in [6, 6.07) is 3.73. The van der Waals surface area contributed by atoms with Crippen LogP contribution in [0.5, 0.6) is 5.75 Å². The molecule has 1 aromatic carbocycles. The highest BCUT2D eigenvalue weighted by Gasteiger charge is 2.31. The van der Waals surface area contributed by atoms with E-state index in [4.69, 9.17) is 0 Å². The van der Waals surface area contributed by atoms with Gasteiger partial charge in [0.1, 0.15) is 5.75 Å². The minimum atomic E-state index is -4.76. The van der Waals surface area contributed by atoms with Gasteiger partial charge in [-0.25, -0.2) is 0 Å². The van der Waals surface area contributed by atoms with Crippen molar-refractivity contribution in [1.29, 1.82) is 0 Å². The Morgan fingerprint density at radius 3 is 2.56 bits per heavy atom. The first kappa shape index (κ1) is 15.2.